The summed E-state index contributed by atoms with van der Waals surface area (Å²) in [6.45, 7) is 5.54. The summed E-state index contributed by atoms with van der Waals surface area (Å²) in [4.78, 5) is 23.2. The molecule has 0 aliphatic carbocycles. The first-order valence-corrected chi connectivity index (χ1v) is 6.77. The molecule has 1 atom stereocenters. The highest BCUT2D eigenvalue weighted by atomic mass is 16.5. The number of amides is 1. The molecule has 0 aromatic heterocycles. The summed E-state index contributed by atoms with van der Waals surface area (Å²) < 4.78 is 10.0. The molecule has 5 nitrogen and oxygen atoms in total. The Hall–Kier alpha value is -2.30. The minimum atomic E-state index is -0.679. The van der Waals surface area contributed by atoms with Gasteiger partial charge in [0.2, 0.25) is 5.91 Å². The maximum atomic E-state index is 11.8. The second-order valence-electron chi connectivity index (χ2n) is 4.56. The second-order valence-corrected chi connectivity index (χ2v) is 4.56. The first-order chi connectivity index (χ1) is 9.97. The number of aryl methyl sites for hydroxylation is 1. The average molecular weight is 291 g/mol. The Morgan fingerprint density at radius 2 is 2.10 bits per heavy atom. The molecule has 0 fully saturated rings. The first-order valence-electron chi connectivity index (χ1n) is 6.77. The van der Waals surface area contributed by atoms with Gasteiger partial charge in [0.05, 0.1) is 13.7 Å². The maximum absolute atomic E-state index is 11.8. The van der Waals surface area contributed by atoms with E-state index in [1.54, 1.807) is 27.0 Å². The van der Waals surface area contributed by atoms with Gasteiger partial charge in [-0.25, -0.2) is 4.79 Å². The van der Waals surface area contributed by atoms with Crippen LogP contribution in [0.2, 0.25) is 0 Å². The molecule has 0 radical (unpaired) electrons. The van der Waals surface area contributed by atoms with Crippen LogP contribution < -0.4 is 10.1 Å². The van der Waals surface area contributed by atoms with Crippen molar-refractivity contribution < 1.29 is 19.1 Å². The molecule has 0 saturated heterocycles. The van der Waals surface area contributed by atoms with E-state index in [0.717, 1.165) is 11.1 Å². The number of carbonyl (C=O) groups excluding carboxylic acids is 2. The van der Waals surface area contributed by atoms with Crippen LogP contribution in [0.5, 0.6) is 5.75 Å². The lowest BCUT2D eigenvalue weighted by atomic mass is 10.1. The fraction of sp³-hybridized carbons (Fsp3) is 0.375. The van der Waals surface area contributed by atoms with Crippen molar-refractivity contribution in [3.63, 3.8) is 0 Å². The van der Waals surface area contributed by atoms with Crippen LogP contribution in [0, 0.1) is 6.92 Å². The Labute approximate surface area is 124 Å². The third kappa shape index (κ3) is 5.30. The van der Waals surface area contributed by atoms with Crippen molar-refractivity contribution in [3.05, 3.63) is 35.4 Å². The molecule has 114 valence electrons. The minimum absolute atomic E-state index is 0.287. The standard InChI is InChI=1S/C16H21NO4/c1-5-21-16(19)12(3)17-15(18)9-7-13-10-11(2)6-8-14(13)20-4/h6-10,12H,5H2,1-4H3,(H,17,18). The molecular weight excluding hydrogens is 270 g/mol. The molecule has 1 unspecified atom stereocenters. The number of benzene rings is 1. The summed E-state index contributed by atoms with van der Waals surface area (Å²) in [5, 5.41) is 2.55. The molecule has 1 N–H and O–H groups in total. The lowest BCUT2D eigenvalue weighted by Gasteiger charge is -2.11. The van der Waals surface area contributed by atoms with E-state index in [9.17, 15) is 9.59 Å². The fourth-order valence-electron chi connectivity index (χ4n) is 1.74. The van der Waals surface area contributed by atoms with Crippen molar-refractivity contribution in [3.8, 4) is 5.75 Å². The Morgan fingerprint density at radius 1 is 1.38 bits per heavy atom. The monoisotopic (exact) mass is 291 g/mol. The van der Waals surface area contributed by atoms with Crippen molar-refractivity contribution in [1.29, 1.82) is 0 Å². The molecule has 0 aliphatic rings. The molecule has 1 aromatic carbocycles. The predicted molar refractivity (Wildman–Crippen MR) is 81.0 cm³/mol. The Kier molecular flexibility index (Phi) is 6.46. The minimum Gasteiger partial charge on any atom is -0.496 e. The zero-order valence-electron chi connectivity index (χ0n) is 12.8. The number of nitrogens with one attached hydrogen (secondary N) is 1. The molecule has 0 saturated carbocycles. The zero-order valence-corrected chi connectivity index (χ0v) is 12.8. The summed E-state index contributed by atoms with van der Waals surface area (Å²) in [7, 11) is 1.57. The predicted octanol–water partition coefficient (Wildman–Crippen LogP) is 2.08. The van der Waals surface area contributed by atoms with Crippen LogP contribution in [0.3, 0.4) is 0 Å². The molecule has 1 rings (SSSR count). The van der Waals surface area contributed by atoms with Gasteiger partial charge in [0, 0.05) is 11.6 Å². The summed E-state index contributed by atoms with van der Waals surface area (Å²) in [5.74, 6) is -0.130. The molecule has 1 amide bonds. The van der Waals surface area contributed by atoms with Crippen LogP contribution in [0.25, 0.3) is 6.08 Å². The molecule has 0 spiro atoms. The van der Waals surface area contributed by atoms with E-state index in [2.05, 4.69) is 5.32 Å². The van der Waals surface area contributed by atoms with Gasteiger partial charge in [-0.05, 0) is 39.0 Å². The van der Waals surface area contributed by atoms with E-state index in [-0.39, 0.29) is 12.5 Å². The van der Waals surface area contributed by atoms with E-state index in [4.69, 9.17) is 9.47 Å². The number of methoxy groups -OCH3 is 1. The molecule has 0 heterocycles. The zero-order chi connectivity index (χ0) is 15.8. The van der Waals surface area contributed by atoms with E-state index in [1.807, 2.05) is 25.1 Å². The summed E-state index contributed by atoms with van der Waals surface area (Å²) >= 11 is 0. The van der Waals surface area contributed by atoms with Gasteiger partial charge in [0.15, 0.2) is 0 Å². The van der Waals surface area contributed by atoms with Gasteiger partial charge < -0.3 is 14.8 Å². The van der Waals surface area contributed by atoms with Crippen LogP contribution in [-0.2, 0) is 14.3 Å². The molecule has 0 bridgehead atoms. The quantitative estimate of drug-likeness (QED) is 0.644. The molecule has 0 aliphatic heterocycles. The molecular formula is C16H21NO4. The Morgan fingerprint density at radius 3 is 2.71 bits per heavy atom. The van der Waals surface area contributed by atoms with Gasteiger partial charge in [-0.2, -0.15) is 0 Å². The van der Waals surface area contributed by atoms with Crippen molar-refractivity contribution in [2.24, 2.45) is 0 Å². The third-order valence-corrected chi connectivity index (χ3v) is 2.80. The number of hydrogen-bond donors (Lipinski definition) is 1. The fourth-order valence-corrected chi connectivity index (χ4v) is 1.74. The van der Waals surface area contributed by atoms with Gasteiger partial charge in [-0.1, -0.05) is 11.6 Å². The van der Waals surface area contributed by atoms with E-state index < -0.39 is 12.0 Å². The SMILES string of the molecule is CCOC(=O)C(C)NC(=O)C=Cc1cc(C)ccc1OC. The summed E-state index contributed by atoms with van der Waals surface area (Å²) in [6, 6.07) is 5.01. The first kappa shape index (κ1) is 16.8. The second kappa shape index (κ2) is 8.09. The van der Waals surface area contributed by atoms with E-state index >= 15 is 0 Å². The highest BCUT2D eigenvalue weighted by molar-refractivity contribution is 5.94. The topological polar surface area (TPSA) is 64.6 Å². The number of hydrogen-bond acceptors (Lipinski definition) is 4. The Balaban J connectivity index is 2.70. The van der Waals surface area contributed by atoms with Crippen LogP contribution in [0.4, 0.5) is 0 Å². The lowest BCUT2D eigenvalue weighted by molar-refractivity contribution is -0.146. The number of carbonyl (C=O) groups is 2. The molecule has 21 heavy (non-hydrogen) atoms. The van der Waals surface area contributed by atoms with Gasteiger partial charge in [0.25, 0.3) is 0 Å². The normalized spacial score (nSPS) is 12.0. The number of ether oxygens (including phenoxy) is 2. The van der Waals surface area contributed by atoms with Gasteiger partial charge in [-0.3, -0.25) is 4.79 Å². The molecule has 5 heteroatoms. The van der Waals surface area contributed by atoms with Crippen LogP contribution in [0.1, 0.15) is 25.0 Å². The van der Waals surface area contributed by atoms with Crippen LogP contribution >= 0.6 is 0 Å². The van der Waals surface area contributed by atoms with Crippen LogP contribution in [-0.4, -0.2) is 31.6 Å². The van der Waals surface area contributed by atoms with Gasteiger partial charge in [-0.15, -0.1) is 0 Å². The average Bonchev–Trinajstić information content (AvgIpc) is 2.45. The highest BCUT2D eigenvalue weighted by Gasteiger charge is 2.14. The van der Waals surface area contributed by atoms with Crippen LogP contribution in [0.15, 0.2) is 24.3 Å². The summed E-state index contributed by atoms with van der Waals surface area (Å²) in [6.07, 6.45) is 3.02. The van der Waals surface area contributed by atoms with Gasteiger partial charge in [0.1, 0.15) is 11.8 Å². The largest absolute Gasteiger partial charge is 0.496 e. The highest BCUT2D eigenvalue weighted by Crippen LogP contribution is 2.20. The van der Waals surface area contributed by atoms with E-state index in [1.165, 1.54) is 6.08 Å². The smallest absolute Gasteiger partial charge is 0.328 e. The van der Waals surface area contributed by atoms with Crippen molar-refractivity contribution in [2.75, 3.05) is 13.7 Å². The number of rotatable bonds is 6. The lowest BCUT2D eigenvalue weighted by Crippen LogP contribution is -2.38. The van der Waals surface area contributed by atoms with Crippen molar-refractivity contribution in [1.82, 2.24) is 5.32 Å². The third-order valence-electron chi connectivity index (χ3n) is 2.80. The molecule has 1 aromatic rings. The van der Waals surface area contributed by atoms with Crippen molar-refractivity contribution >= 4 is 18.0 Å². The van der Waals surface area contributed by atoms with Crippen molar-refractivity contribution in [2.45, 2.75) is 26.8 Å². The summed E-state index contributed by atoms with van der Waals surface area (Å²) in [5.41, 5.74) is 1.87. The number of esters is 1. The Bertz CT molecular complexity index is 537. The van der Waals surface area contributed by atoms with Gasteiger partial charge >= 0.3 is 5.97 Å². The van der Waals surface area contributed by atoms with E-state index in [0.29, 0.717) is 5.75 Å². The maximum Gasteiger partial charge on any atom is 0.328 e.